The van der Waals surface area contributed by atoms with Crippen molar-refractivity contribution in [2.24, 2.45) is 5.92 Å². The van der Waals surface area contributed by atoms with Crippen molar-refractivity contribution in [3.05, 3.63) is 29.8 Å². The van der Waals surface area contributed by atoms with E-state index in [0.717, 1.165) is 5.75 Å². The average Bonchev–Trinajstić information content (AvgIpc) is 2.35. The summed E-state index contributed by atoms with van der Waals surface area (Å²) in [6, 6.07) is 8.32. The molecular weight excluding hydrogens is 214 g/mol. The smallest absolute Gasteiger partial charge is 0.119 e. The molecule has 1 aromatic rings. The lowest BCUT2D eigenvalue weighted by Gasteiger charge is -2.25. The van der Waals surface area contributed by atoms with Crippen LogP contribution in [0.2, 0.25) is 0 Å². The molecular formula is C14H23NO2. The fourth-order valence-corrected chi connectivity index (χ4v) is 1.78. The molecule has 0 saturated heterocycles. The maximum Gasteiger partial charge on any atom is 0.119 e. The van der Waals surface area contributed by atoms with Gasteiger partial charge in [-0.1, -0.05) is 26.0 Å². The highest BCUT2D eigenvalue weighted by Crippen LogP contribution is 2.20. The molecule has 1 unspecified atom stereocenters. The number of hydrogen-bond acceptors (Lipinski definition) is 3. The van der Waals surface area contributed by atoms with E-state index in [1.54, 1.807) is 7.11 Å². The van der Waals surface area contributed by atoms with Crippen LogP contribution in [-0.4, -0.2) is 24.9 Å². The predicted octanol–water partition coefficient (Wildman–Crippen LogP) is 2.36. The van der Waals surface area contributed by atoms with Gasteiger partial charge in [0.2, 0.25) is 0 Å². The molecule has 0 aliphatic heterocycles. The summed E-state index contributed by atoms with van der Waals surface area (Å²) < 4.78 is 5.21. The fourth-order valence-electron chi connectivity index (χ4n) is 1.78. The number of aliphatic hydroxyl groups is 1. The molecule has 0 bridgehead atoms. The lowest BCUT2D eigenvalue weighted by molar-refractivity contribution is 0.201. The van der Waals surface area contributed by atoms with Gasteiger partial charge in [-0.3, -0.25) is 0 Å². The Morgan fingerprint density at radius 1 is 1.29 bits per heavy atom. The van der Waals surface area contributed by atoms with Crippen LogP contribution in [-0.2, 0) is 0 Å². The van der Waals surface area contributed by atoms with Crippen LogP contribution in [0.15, 0.2) is 24.3 Å². The zero-order valence-electron chi connectivity index (χ0n) is 11.1. The predicted molar refractivity (Wildman–Crippen MR) is 70.3 cm³/mol. The number of rotatable bonds is 6. The topological polar surface area (TPSA) is 41.5 Å². The van der Waals surface area contributed by atoms with E-state index in [2.05, 4.69) is 32.2 Å². The van der Waals surface area contributed by atoms with E-state index >= 15 is 0 Å². The van der Waals surface area contributed by atoms with Gasteiger partial charge in [-0.25, -0.2) is 0 Å². The fraction of sp³-hybridized carbons (Fsp3) is 0.571. The van der Waals surface area contributed by atoms with Crippen molar-refractivity contribution in [1.82, 2.24) is 5.32 Å². The molecule has 2 N–H and O–H groups in total. The van der Waals surface area contributed by atoms with Gasteiger partial charge >= 0.3 is 0 Å². The second-order valence-corrected chi connectivity index (χ2v) is 4.70. The van der Waals surface area contributed by atoms with Gasteiger partial charge in [0, 0.05) is 12.1 Å². The lowest BCUT2D eigenvalue weighted by Crippen LogP contribution is -2.38. The highest BCUT2D eigenvalue weighted by atomic mass is 16.5. The monoisotopic (exact) mass is 237 g/mol. The van der Waals surface area contributed by atoms with Gasteiger partial charge in [0.1, 0.15) is 5.75 Å². The Bertz CT molecular complexity index is 339. The van der Waals surface area contributed by atoms with Crippen LogP contribution in [0.1, 0.15) is 32.4 Å². The Hall–Kier alpha value is -1.06. The zero-order chi connectivity index (χ0) is 12.8. The van der Waals surface area contributed by atoms with E-state index in [1.165, 1.54) is 5.56 Å². The highest BCUT2D eigenvalue weighted by Gasteiger charge is 2.15. The summed E-state index contributed by atoms with van der Waals surface area (Å²) in [4.78, 5) is 0. The van der Waals surface area contributed by atoms with E-state index in [-0.39, 0.29) is 18.7 Å². The normalized spacial score (nSPS) is 14.7. The summed E-state index contributed by atoms with van der Waals surface area (Å²) in [6.45, 7) is 6.46. The van der Waals surface area contributed by atoms with Crippen LogP contribution < -0.4 is 10.1 Å². The molecule has 3 nitrogen and oxygen atoms in total. The minimum absolute atomic E-state index is 0.121. The molecule has 96 valence electrons. The third-order valence-corrected chi connectivity index (χ3v) is 3.06. The molecule has 0 amide bonds. The summed E-state index contributed by atoms with van der Waals surface area (Å²) in [6.07, 6.45) is 0. The van der Waals surface area contributed by atoms with E-state index < -0.39 is 0 Å². The number of methoxy groups -OCH3 is 1. The average molecular weight is 237 g/mol. The molecule has 0 aromatic heterocycles. The first-order valence-corrected chi connectivity index (χ1v) is 6.09. The Balaban J connectivity index is 2.71. The molecule has 2 atom stereocenters. The Kier molecular flexibility index (Phi) is 5.45. The lowest BCUT2D eigenvalue weighted by atomic mass is 10.0. The molecule has 1 aromatic carbocycles. The van der Waals surface area contributed by atoms with Crippen molar-refractivity contribution in [2.45, 2.75) is 32.9 Å². The van der Waals surface area contributed by atoms with Crippen molar-refractivity contribution >= 4 is 0 Å². The van der Waals surface area contributed by atoms with Crippen LogP contribution >= 0.6 is 0 Å². The molecule has 0 spiro atoms. The minimum atomic E-state index is 0.121. The van der Waals surface area contributed by atoms with Gasteiger partial charge in [0.25, 0.3) is 0 Å². The molecule has 0 radical (unpaired) electrons. The Labute approximate surface area is 104 Å². The zero-order valence-corrected chi connectivity index (χ0v) is 11.1. The van der Waals surface area contributed by atoms with Crippen LogP contribution in [0.25, 0.3) is 0 Å². The molecule has 0 heterocycles. The first-order chi connectivity index (χ1) is 8.08. The molecule has 3 heteroatoms. The first-order valence-electron chi connectivity index (χ1n) is 6.09. The van der Waals surface area contributed by atoms with Crippen LogP contribution in [0.4, 0.5) is 0 Å². The van der Waals surface area contributed by atoms with Crippen LogP contribution in [0, 0.1) is 5.92 Å². The van der Waals surface area contributed by atoms with Gasteiger partial charge in [-0.2, -0.15) is 0 Å². The summed E-state index contributed by atoms with van der Waals surface area (Å²) in [7, 11) is 1.67. The third kappa shape index (κ3) is 4.02. The summed E-state index contributed by atoms with van der Waals surface area (Å²) >= 11 is 0. The van der Waals surface area contributed by atoms with E-state index in [9.17, 15) is 5.11 Å². The number of ether oxygens (including phenoxy) is 1. The molecule has 0 fully saturated rings. The van der Waals surface area contributed by atoms with Crippen molar-refractivity contribution < 1.29 is 9.84 Å². The van der Waals surface area contributed by atoms with Crippen LogP contribution in [0.3, 0.4) is 0 Å². The van der Waals surface area contributed by atoms with Crippen LogP contribution in [0.5, 0.6) is 5.75 Å². The second-order valence-electron chi connectivity index (χ2n) is 4.70. The Morgan fingerprint density at radius 3 is 2.53 bits per heavy atom. The Morgan fingerprint density at radius 2 is 2.00 bits per heavy atom. The highest BCUT2D eigenvalue weighted by molar-refractivity contribution is 5.30. The van der Waals surface area contributed by atoms with Gasteiger partial charge in [0.05, 0.1) is 13.7 Å². The minimum Gasteiger partial charge on any atom is -0.497 e. The molecule has 0 aliphatic carbocycles. The SMILES string of the molecule is COc1cccc(C(C)N[C@H](CO)C(C)C)c1. The molecule has 1 rings (SSSR count). The quantitative estimate of drug-likeness (QED) is 0.798. The number of aliphatic hydroxyl groups excluding tert-OH is 1. The molecule has 17 heavy (non-hydrogen) atoms. The second kappa shape index (κ2) is 6.62. The van der Waals surface area contributed by atoms with E-state index in [4.69, 9.17) is 4.74 Å². The number of hydrogen-bond donors (Lipinski definition) is 2. The van der Waals surface area contributed by atoms with Gasteiger partial charge in [-0.05, 0) is 30.5 Å². The summed E-state index contributed by atoms with van der Waals surface area (Å²) in [5.41, 5.74) is 1.17. The van der Waals surface area contributed by atoms with Gasteiger partial charge in [-0.15, -0.1) is 0 Å². The standard InChI is InChI=1S/C14H23NO2/c1-10(2)14(9-16)15-11(3)12-6-5-7-13(8-12)17-4/h5-8,10-11,14-16H,9H2,1-4H3/t11?,14-/m1/s1. The van der Waals surface area contributed by atoms with Crippen molar-refractivity contribution in [3.63, 3.8) is 0 Å². The van der Waals surface area contributed by atoms with Gasteiger partial charge < -0.3 is 15.2 Å². The third-order valence-electron chi connectivity index (χ3n) is 3.06. The molecule has 0 aliphatic rings. The van der Waals surface area contributed by atoms with Crippen molar-refractivity contribution in [1.29, 1.82) is 0 Å². The maximum absolute atomic E-state index is 9.31. The number of nitrogens with one attached hydrogen (secondary N) is 1. The van der Waals surface area contributed by atoms with Crippen molar-refractivity contribution in [3.8, 4) is 5.75 Å². The maximum atomic E-state index is 9.31. The first kappa shape index (κ1) is 14.0. The van der Waals surface area contributed by atoms with Crippen molar-refractivity contribution in [2.75, 3.05) is 13.7 Å². The number of benzene rings is 1. The summed E-state index contributed by atoms with van der Waals surface area (Å²) in [5, 5.41) is 12.7. The summed E-state index contributed by atoms with van der Waals surface area (Å²) in [5.74, 6) is 1.27. The van der Waals surface area contributed by atoms with E-state index in [1.807, 2.05) is 18.2 Å². The van der Waals surface area contributed by atoms with Gasteiger partial charge in [0.15, 0.2) is 0 Å². The molecule has 0 saturated carbocycles. The van der Waals surface area contributed by atoms with E-state index in [0.29, 0.717) is 5.92 Å². The largest absolute Gasteiger partial charge is 0.497 e.